The van der Waals surface area contributed by atoms with Crippen LogP contribution in [0.1, 0.15) is 67.3 Å². The molecule has 4 heterocycles. The number of anilines is 4. The Labute approximate surface area is 389 Å². The maximum absolute atomic E-state index is 14.1. The van der Waals surface area contributed by atoms with Crippen LogP contribution in [0.15, 0.2) is 140 Å². The standard InChI is InChI=1S/C56H47FN5O.Pt/c1-34(2)48-27-40(39-16-18-42(57)19-17-39)28-49(35(3)4)56(48)61-33-60(51-22-15-36(5)24-53(51)61)43-25-41(55-37(6)31-58-32-38(55)7)26-45(29-43)63-44-20-21-47-46-12-8-9-13-50(46)62(52(47)30-44)54-14-10-11-23-59-54;/h8-28,31-35H,1-7H3;/q-3;. The van der Waals surface area contributed by atoms with Crippen molar-refractivity contribution in [2.45, 2.75) is 60.3 Å². The third-order valence-corrected chi connectivity index (χ3v) is 12.1. The van der Waals surface area contributed by atoms with Gasteiger partial charge in [-0.1, -0.05) is 75.7 Å². The summed E-state index contributed by atoms with van der Waals surface area (Å²) in [5.41, 5.74) is 15.9. The van der Waals surface area contributed by atoms with E-state index in [9.17, 15) is 4.39 Å². The summed E-state index contributed by atoms with van der Waals surface area (Å²) in [7, 11) is 0. The molecule has 0 amide bonds. The molecule has 64 heavy (non-hydrogen) atoms. The fraction of sp³-hybridized carbons (Fsp3) is 0.161. The molecule has 3 aromatic heterocycles. The van der Waals surface area contributed by atoms with Gasteiger partial charge in [0.25, 0.3) is 0 Å². The van der Waals surface area contributed by atoms with Gasteiger partial charge in [0.2, 0.25) is 0 Å². The van der Waals surface area contributed by atoms with Crippen LogP contribution >= 0.6 is 0 Å². The smallest absolute Gasteiger partial charge is 0.135 e. The average Bonchev–Trinajstić information content (AvgIpc) is 3.81. The van der Waals surface area contributed by atoms with Crippen molar-refractivity contribution in [3.63, 3.8) is 0 Å². The van der Waals surface area contributed by atoms with Gasteiger partial charge in [-0.05, 0) is 137 Å². The number of rotatable bonds is 9. The number of aryl methyl sites for hydroxylation is 3. The van der Waals surface area contributed by atoms with Gasteiger partial charge in [0.1, 0.15) is 11.6 Å². The molecule has 0 unspecified atom stereocenters. The molecule has 9 aromatic rings. The Kier molecular flexibility index (Phi) is 11.5. The first-order valence-electron chi connectivity index (χ1n) is 21.5. The maximum Gasteiger partial charge on any atom is 0.135 e. The van der Waals surface area contributed by atoms with E-state index in [0.29, 0.717) is 11.5 Å². The normalized spacial score (nSPS) is 12.4. The van der Waals surface area contributed by atoms with E-state index in [1.807, 2.05) is 55.0 Å². The van der Waals surface area contributed by atoms with Crippen LogP contribution < -0.4 is 14.5 Å². The first-order chi connectivity index (χ1) is 30.5. The molecule has 6 nitrogen and oxygen atoms in total. The van der Waals surface area contributed by atoms with Gasteiger partial charge in [0, 0.05) is 73.7 Å². The number of hydrogen-bond donors (Lipinski definition) is 0. The molecule has 0 radical (unpaired) electrons. The molecule has 0 bridgehead atoms. The van der Waals surface area contributed by atoms with Crippen molar-refractivity contribution < 1.29 is 30.2 Å². The van der Waals surface area contributed by atoms with Gasteiger partial charge >= 0.3 is 0 Å². The fourth-order valence-electron chi connectivity index (χ4n) is 9.08. The third kappa shape index (κ3) is 7.66. The zero-order valence-corrected chi connectivity index (χ0v) is 39.1. The number of pyridine rings is 2. The molecule has 0 spiro atoms. The van der Waals surface area contributed by atoms with Gasteiger partial charge in [-0.2, -0.15) is 6.07 Å². The van der Waals surface area contributed by atoms with Crippen LogP contribution in [-0.4, -0.2) is 14.5 Å². The third-order valence-electron chi connectivity index (χ3n) is 12.1. The number of benzene rings is 6. The molecule has 8 heteroatoms. The Morgan fingerprint density at radius 2 is 1.36 bits per heavy atom. The van der Waals surface area contributed by atoms with Crippen molar-refractivity contribution in [1.82, 2.24) is 14.5 Å². The van der Waals surface area contributed by atoms with Gasteiger partial charge in [-0.3, -0.25) is 4.98 Å². The zero-order chi connectivity index (χ0) is 43.5. The molecule has 0 saturated carbocycles. The monoisotopic (exact) mass is 1020 g/mol. The van der Waals surface area contributed by atoms with Gasteiger partial charge in [-0.15, -0.1) is 53.6 Å². The molecule has 10 rings (SSSR count). The van der Waals surface area contributed by atoms with Crippen molar-refractivity contribution in [3.05, 3.63) is 192 Å². The van der Waals surface area contributed by atoms with E-state index >= 15 is 0 Å². The van der Waals surface area contributed by atoms with Crippen LogP contribution in [0, 0.1) is 45.4 Å². The maximum atomic E-state index is 14.1. The molecule has 0 N–H and O–H groups in total. The van der Waals surface area contributed by atoms with E-state index in [4.69, 9.17) is 9.72 Å². The number of para-hydroxylation sites is 1. The number of halogens is 1. The predicted molar refractivity (Wildman–Crippen MR) is 255 cm³/mol. The Morgan fingerprint density at radius 3 is 2.06 bits per heavy atom. The Morgan fingerprint density at radius 1 is 0.641 bits per heavy atom. The number of fused-ring (bicyclic) bond motifs is 4. The molecule has 322 valence electrons. The fourth-order valence-corrected chi connectivity index (χ4v) is 9.08. The van der Waals surface area contributed by atoms with E-state index < -0.39 is 0 Å². The second-order valence-electron chi connectivity index (χ2n) is 17.2. The first kappa shape index (κ1) is 42.7. The Hall–Kier alpha value is -6.56. The van der Waals surface area contributed by atoms with Crippen LogP contribution in [0.25, 0.3) is 49.9 Å². The van der Waals surface area contributed by atoms with E-state index in [0.717, 1.165) is 89.3 Å². The van der Waals surface area contributed by atoms with E-state index in [2.05, 4.69) is 159 Å². The van der Waals surface area contributed by atoms with Crippen LogP contribution in [0.4, 0.5) is 27.1 Å². The van der Waals surface area contributed by atoms with Crippen LogP contribution in [-0.2, 0) is 21.1 Å². The van der Waals surface area contributed by atoms with Gasteiger partial charge in [0.05, 0.1) is 0 Å². The van der Waals surface area contributed by atoms with Crippen LogP contribution in [0.3, 0.4) is 0 Å². The van der Waals surface area contributed by atoms with Crippen molar-refractivity contribution in [2.75, 3.05) is 9.80 Å². The number of hydrogen-bond acceptors (Lipinski definition) is 5. The summed E-state index contributed by atoms with van der Waals surface area (Å²) in [6, 6.07) is 48.0. The molecular formula is C56H47FN5OPt-3. The summed E-state index contributed by atoms with van der Waals surface area (Å²) in [5, 5.41) is 2.19. The summed E-state index contributed by atoms with van der Waals surface area (Å²) >= 11 is 0. The van der Waals surface area contributed by atoms with Crippen LogP contribution in [0.5, 0.6) is 11.5 Å². The number of ether oxygens (including phenoxy) is 1. The largest absolute Gasteiger partial charge is 0.509 e. The molecular weight excluding hydrogens is 973 g/mol. The van der Waals surface area contributed by atoms with Crippen molar-refractivity contribution in [1.29, 1.82) is 0 Å². The van der Waals surface area contributed by atoms with E-state index in [1.54, 1.807) is 0 Å². The minimum absolute atomic E-state index is 0. The minimum atomic E-state index is -0.241. The van der Waals surface area contributed by atoms with Crippen molar-refractivity contribution in [2.24, 2.45) is 0 Å². The number of aromatic nitrogens is 3. The Bertz CT molecular complexity index is 3150. The number of nitrogens with zero attached hydrogens (tertiary/aromatic N) is 5. The average molecular weight is 1020 g/mol. The summed E-state index contributed by atoms with van der Waals surface area (Å²) in [6.45, 7) is 17.5. The molecule has 0 fully saturated rings. The van der Waals surface area contributed by atoms with E-state index in [1.165, 1.54) is 23.3 Å². The SMILES string of the molecule is Cc1ccc2c(c1)N(c1c(C(C)C)cc(-c3ccc(F)cc3)cc1C(C)C)[CH-]N2c1[c-]c(Oc2[c-]c3c(cc2)c2ccccc2n3-c2ccccn2)cc(-c2c(C)cncc2C)c1.[Pt]. The molecule has 0 saturated heterocycles. The van der Waals surface area contributed by atoms with Gasteiger partial charge < -0.3 is 19.1 Å². The molecule has 6 aromatic carbocycles. The van der Waals surface area contributed by atoms with Crippen molar-refractivity contribution in [3.8, 4) is 39.6 Å². The Balaban J connectivity index is 0.00000518. The first-order valence-corrected chi connectivity index (χ1v) is 21.5. The second kappa shape index (κ2) is 17.2. The summed E-state index contributed by atoms with van der Waals surface area (Å²) in [5.74, 6) is 2.10. The van der Waals surface area contributed by atoms with Gasteiger partial charge in [-0.25, -0.2) is 9.37 Å². The zero-order valence-electron chi connectivity index (χ0n) is 36.8. The van der Waals surface area contributed by atoms with E-state index in [-0.39, 0.29) is 38.7 Å². The quantitative estimate of drug-likeness (QED) is 0.135. The summed E-state index contributed by atoms with van der Waals surface area (Å²) in [4.78, 5) is 13.8. The van der Waals surface area contributed by atoms with Crippen LogP contribution in [0.2, 0.25) is 0 Å². The predicted octanol–water partition coefficient (Wildman–Crippen LogP) is 15.0. The molecule has 0 atom stereocenters. The minimum Gasteiger partial charge on any atom is -0.509 e. The summed E-state index contributed by atoms with van der Waals surface area (Å²) in [6.07, 6.45) is 5.64. The molecule has 1 aliphatic heterocycles. The second-order valence-corrected chi connectivity index (χ2v) is 17.2. The van der Waals surface area contributed by atoms with Gasteiger partial charge in [0.15, 0.2) is 0 Å². The molecule has 1 aliphatic rings. The topological polar surface area (TPSA) is 46.4 Å². The van der Waals surface area contributed by atoms with Crippen molar-refractivity contribution >= 4 is 44.6 Å². The molecule has 0 aliphatic carbocycles. The summed E-state index contributed by atoms with van der Waals surface area (Å²) < 4.78 is 23.1.